The normalized spacial score (nSPS) is 21.0. The van der Waals surface area contributed by atoms with Crippen LogP contribution in [0.25, 0.3) is 0 Å². The highest BCUT2D eigenvalue weighted by Crippen LogP contribution is 2.11. The Hall–Kier alpha value is -1.03. The van der Waals surface area contributed by atoms with Crippen LogP contribution in [0.3, 0.4) is 0 Å². The van der Waals surface area contributed by atoms with Gasteiger partial charge in [0.25, 0.3) is 0 Å². The lowest BCUT2D eigenvalue weighted by atomic mass is 10.2. The van der Waals surface area contributed by atoms with Gasteiger partial charge in [0.1, 0.15) is 0 Å². The van der Waals surface area contributed by atoms with Gasteiger partial charge >= 0.3 is 0 Å². The van der Waals surface area contributed by atoms with Crippen LogP contribution in [-0.2, 0) is 17.8 Å². The molecule has 1 aliphatic rings. The molecule has 132 valence electrons. The number of aromatic nitrogens is 2. The van der Waals surface area contributed by atoms with Gasteiger partial charge in [0, 0.05) is 52.6 Å². The van der Waals surface area contributed by atoms with Crippen LogP contribution in [0.5, 0.6) is 0 Å². The van der Waals surface area contributed by atoms with Gasteiger partial charge in [0.05, 0.1) is 44.0 Å². The summed E-state index contributed by atoms with van der Waals surface area (Å²) in [5.74, 6) is 0. The van der Waals surface area contributed by atoms with E-state index in [1.807, 2.05) is 11.1 Å². The molecule has 23 heavy (non-hydrogen) atoms. The van der Waals surface area contributed by atoms with Crippen molar-refractivity contribution in [2.75, 3.05) is 53.1 Å². The lowest BCUT2D eigenvalue weighted by Crippen LogP contribution is -2.44. The third kappa shape index (κ3) is 5.23. The zero-order chi connectivity index (χ0) is 16.7. The Labute approximate surface area is 136 Å². The molecule has 0 radical (unpaired) electrons. The third-order valence-electron chi connectivity index (χ3n) is 4.28. The van der Waals surface area contributed by atoms with Gasteiger partial charge in [-0.2, -0.15) is 0 Å². The predicted octanol–water partition coefficient (Wildman–Crippen LogP) is -1.64. The molecule has 2 heterocycles. The molecule has 1 aliphatic heterocycles. The molecule has 1 aromatic rings. The van der Waals surface area contributed by atoms with E-state index in [0.29, 0.717) is 32.8 Å². The van der Waals surface area contributed by atoms with E-state index in [2.05, 4.69) is 14.5 Å². The fourth-order valence-corrected chi connectivity index (χ4v) is 2.94. The van der Waals surface area contributed by atoms with Gasteiger partial charge < -0.3 is 24.6 Å². The van der Waals surface area contributed by atoms with Crippen molar-refractivity contribution in [3.63, 3.8) is 0 Å². The quantitative estimate of drug-likeness (QED) is 0.527. The first-order valence-electron chi connectivity index (χ1n) is 8.02. The summed E-state index contributed by atoms with van der Waals surface area (Å²) in [6.45, 7) is 4.39. The van der Waals surface area contributed by atoms with Crippen molar-refractivity contribution in [2.24, 2.45) is 0 Å². The second-order valence-electron chi connectivity index (χ2n) is 5.97. The molecule has 1 saturated heterocycles. The number of aliphatic hydroxyl groups excluding tert-OH is 3. The first kappa shape index (κ1) is 18.3. The van der Waals surface area contributed by atoms with Crippen molar-refractivity contribution >= 4 is 0 Å². The molecule has 0 amide bonds. The summed E-state index contributed by atoms with van der Waals surface area (Å²) in [7, 11) is 1.68. The van der Waals surface area contributed by atoms with Crippen LogP contribution in [0.2, 0.25) is 0 Å². The number of imidazole rings is 1. The molecule has 0 unspecified atom stereocenters. The average molecular weight is 328 g/mol. The van der Waals surface area contributed by atoms with Gasteiger partial charge in [-0.3, -0.25) is 9.80 Å². The molecular formula is C15H28N4O4. The Balaban J connectivity index is 1.95. The fraction of sp³-hybridized carbons (Fsp3) is 0.800. The highest BCUT2D eigenvalue weighted by atomic mass is 16.5. The number of aliphatic hydroxyl groups is 3. The fourth-order valence-electron chi connectivity index (χ4n) is 2.94. The van der Waals surface area contributed by atoms with Crippen molar-refractivity contribution in [3.05, 3.63) is 18.2 Å². The summed E-state index contributed by atoms with van der Waals surface area (Å²) in [5, 5.41) is 28.9. The second kappa shape index (κ2) is 9.31. The van der Waals surface area contributed by atoms with Gasteiger partial charge in [-0.1, -0.05) is 0 Å². The van der Waals surface area contributed by atoms with E-state index in [-0.39, 0.29) is 19.3 Å². The average Bonchev–Trinajstić information content (AvgIpc) is 2.89. The van der Waals surface area contributed by atoms with Gasteiger partial charge in [0.2, 0.25) is 0 Å². The van der Waals surface area contributed by atoms with Crippen molar-refractivity contribution < 1.29 is 20.1 Å². The van der Waals surface area contributed by atoms with E-state index in [1.54, 1.807) is 13.4 Å². The van der Waals surface area contributed by atoms with Crippen LogP contribution in [0.15, 0.2) is 12.5 Å². The summed E-state index contributed by atoms with van der Waals surface area (Å²) >= 11 is 0. The van der Waals surface area contributed by atoms with E-state index in [0.717, 1.165) is 18.8 Å². The van der Waals surface area contributed by atoms with Gasteiger partial charge in [-0.05, 0) is 0 Å². The summed E-state index contributed by atoms with van der Waals surface area (Å²) < 4.78 is 7.16. The molecule has 2 rings (SSSR count). The second-order valence-corrected chi connectivity index (χ2v) is 5.97. The van der Waals surface area contributed by atoms with Crippen LogP contribution < -0.4 is 0 Å². The Kier molecular flexibility index (Phi) is 7.41. The minimum Gasteiger partial charge on any atom is -0.395 e. The lowest BCUT2D eigenvalue weighted by Gasteiger charge is -2.28. The van der Waals surface area contributed by atoms with Crippen molar-refractivity contribution in [2.45, 2.75) is 25.2 Å². The van der Waals surface area contributed by atoms with E-state index < -0.39 is 6.10 Å². The molecule has 1 fully saturated rings. The summed E-state index contributed by atoms with van der Waals surface area (Å²) in [5.41, 5.74) is 1.09. The number of β-amino-alcohol motifs (C(OH)–C–C–N with tert-alkyl or cyclic N) is 1. The molecule has 0 bridgehead atoms. The van der Waals surface area contributed by atoms with Gasteiger partial charge in [0.15, 0.2) is 0 Å². The minimum absolute atomic E-state index is 0.104. The first-order chi connectivity index (χ1) is 11.2. The molecule has 8 nitrogen and oxygen atoms in total. The summed E-state index contributed by atoms with van der Waals surface area (Å²) in [6, 6.07) is -0.308. The molecule has 0 aliphatic carbocycles. The molecule has 0 aromatic carbocycles. The molecule has 1 atom stereocenters. The molecular weight excluding hydrogens is 300 g/mol. The maximum Gasteiger partial charge on any atom is 0.0949 e. The molecule has 0 spiro atoms. The van der Waals surface area contributed by atoms with Crippen LogP contribution in [0.4, 0.5) is 0 Å². The number of methoxy groups -OCH3 is 1. The standard InChI is InChI=1S/C15H28N4O4/c1-23-5-4-19-12-16-6-13(19)7-17-2-3-18(9-15(22)8-17)14(10-20)11-21/h6,12,14-15,20-22H,2-5,7-11H2,1H3/t15-/m0/s1. The van der Waals surface area contributed by atoms with E-state index in [4.69, 9.17) is 4.74 Å². The topological polar surface area (TPSA) is 94.2 Å². The molecule has 8 heteroatoms. The zero-order valence-electron chi connectivity index (χ0n) is 13.7. The molecule has 0 saturated carbocycles. The van der Waals surface area contributed by atoms with E-state index in [1.165, 1.54) is 0 Å². The van der Waals surface area contributed by atoms with E-state index >= 15 is 0 Å². The first-order valence-corrected chi connectivity index (χ1v) is 8.02. The highest BCUT2D eigenvalue weighted by Gasteiger charge is 2.26. The van der Waals surface area contributed by atoms with Gasteiger partial charge in [-0.15, -0.1) is 0 Å². The maximum absolute atomic E-state index is 10.2. The number of hydrogen-bond acceptors (Lipinski definition) is 7. The Morgan fingerprint density at radius 1 is 1.30 bits per heavy atom. The Morgan fingerprint density at radius 3 is 2.78 bits per heavy atom. The lowest BCUT2D eigenvalue weighted by molar-refractivity contribution is 0.0470. The molecule has 1 aromatic heterocycles. The van der Waals surface area contributed by atoms with Crippen LogP contribution in [0, 0.1) is 0 Å². The van der Waals surface area contributed by atoms with E-state index in [9.17, 15) is 15.3 Å². The van der Waals surface area contributed by atoms with Crippen LogP contribution in [-0.4, -0.2) is 99.9 Å². The SMILES string of the molecule is COCCn1cncc1CN1CCN(C(CO)CO)C[C@@H](O)C1. The van der Waals surface area contributed by atoms with Crippen LogP contribution in [0.1, 0.15) is 5.69 Å². The zero-order valence-corrected chi connectivity index (χ0v) is 13.7. The third-order valence-corrected chi connectivity index (χ3v) is 4.28. The van der Waals surface area contributed by atoms with Gasteiger partial charge in [-0.25, -0.2) is 4.98 Å². The molecule has 3 N–H and O–H groups in total. The number of ether oxygens (including phenoxy) is 1. The number of nitrogens with zero attached hydrogens (tertiary/aromatic N) is 4. The van der Waals surface area contributed by atoms with Crippen molar-refractivity contribution in [1.29, 1.82) is 0 Å². The van der Waals surface area contributed by atoms with Crippen molar-refractivity contribution in [3.8, 4) is 0 Å². The summed E-state index contributed by atoms with van der Waals surface area (Å²) in [6.07, 6.45) is 3.13. The Morgan fingerprint density at radius 2 is 2.09 bits per heavy atom. The number of hydrogen-bond donors (Lipinski definition) is 3. The number of rotatable bonds is 8. The van der Waals surface area contributed by atoms with Crippen molar-refractivity contribution in [1.82, 2.24) is 19.4 Å². The monoisotopic (exact) mass is 328 g/mol. The van der Waals surface area contributed by atoms with Crippen LogP contribution >= 0.6 is 0 Å². The Bertz CT molecular complexity index is 452. The highest BCUT2D eigenvalue weighted by molar-refractivity contribution is 4.99. The largest absolute Gasteiger partial charge is 0.395 e. The smallest absolute Gasteiger partial charge is 0.0949 e. The predicted molar refractivity (Wildman–Crippen MR) is 84.9 cm³/mol. The maximum atomic E-state index is 10.2. The summed E-state index contributed by atoms with van der Waals surface area (Å²) in [4.78, 5) is 8.32. The minimum atomic E-state index is -0.506.